The summed E-state index contributed by atoms with van der Waals surface area (Å²) in [4.78, 5) is 13.9. The lowest BCUT2D eigenvalue weighted by molar-refractivity contribution is 0.111. The fraction of sp³-hybridized carbons (Fsp3) is 0.308. The Kier molecular flexibility index (Phi) is 2.69. The van der Waals surface area contributed by atoms with Crippen LogP contribution >= 0.6 is 0 Å². The summed E-state index contributed by atoms with van der Waals surface area (Å²) < 4.78 is 5.62. The van der Waals surface area contributed by atoms with Crippen LogP contribution in [0.15, 0.2) is 18.2 Å². The number of aromatic amines is 1. The summed E-state index contributed by atoms with van der Waals surface area (Å²) in [5.41, 5.74) is 2.58. The number of aromatic nitrogens is 1. The lowest BCUT2D eigenvalue weighted by atomic mass is 10.1. The second-order valence-electron chi connectivity index (χ2n) is 4.16. The van der Waals surface area contributed by atoms with Gasteiger partial charge < -0.3 is 9.72 Å². The van der Waals surface area contributed by atoms with Crippen molar-refractivity contribution in [3.05, 3.63) is 29.5 Å². The Bertz CT molecular complexity index is 526. The number of aldehydes is 1. The van der Waals surface area contributed by atoms with Crippen molar-refractivity contribution in [2.45, 2.75) is 26.9 Å². The van der Waals surface area contributed by atoms with Crippen LogP contribution in [-0.4, -0.2) is 17.4 Å². The van der Waals surface area contributed by atoms with E-state index in [1.165, 1.54) is 0 Å². The Labute approximate surface area is 94.4 Å². The van der Waals surface area contributed by atoms with E-state index in [-0.39, 0.29) is 6.10 Å². The molecule has 1 aromatic carbocycles. The number of nitrogens with one attached hydrogen (secondary N) is 1. The van der Waals surface area contributed by atoms with Crippen LogP contribution in [0, 0.1) is 6.92 Å². The maximum Gasteiger partial charge on any atom is 0.166 e. The smallest absolute Gasteiger partial charge is 0.166 e. The number of H-pyrrole nitrogens is 1. The van der Waals surface area contributed by atoms with Crippen molar-refractivity contribution in [1.82, 2.24) is 4.98 Å². The van der Waals surface area contributed by atoms with Crippen LogP contribution in [0.1, 0.15) is 29.9 Å². The van der Waals surface area contributed by atoms with Crippen LogP contribution in [0.3, 0.4) is 0 Å². The van der Waals surface area contributed by atoms with Gasteiger partial charge in [0, 0.05) is 10.9 Å². The molecule has 1 aromatic heterocycles. The molecule has 0 fully saturated rings. The molecule has 0 bridgehead atoms. The Morgan fingerprint density at radius 3 is 2.75 bits per heavy atom. The number of carbonyl (C=O) groups is 1. The van der Waals surface area contributed by atoms with Crippen LogP contribution in [0.5, 0.6) is 5.75 Å². The van der Waals surface area contributed by atoms with Crippen LogP contribution in [0.4, 0.5) is 0 Å². The van der Waals surface area contributed by atoms with E-state index in [1.54, 1.807) is 0 Å². The van der Waals surface area contributed by atoms with Gasteiger partial charge in [-0.3, -0.25) is 4.79 Å². The average Bonchev–Trinajstić information content (AvgIpc) is 2.55. The zero-order chi connectivity index (χ0) is 11.7. The maximum atomic E-state index is 10.8. The highest BCUT2D eigenvalue weighted by Gasteiger charge is 2.08. The van der Waals surface area contributed by atoms with E-state index in [4.69, 9.17) is 4.74 Å². The standard InChI is InChI=1S/C13H15NO2/c1-8(2)16-10-4-5-12-11(6-10)9(3)13(7-15)14-12/h4-8,14H,1-3H3. The Hall–Kier alpha value is -1.77. The van der Waals surface area contributed by atoms with E-state index in [2.05, 4.69) is 4.98 Å². The third kappa shape index (κ3) is 1.81. The van der Waals surface area contributed by atoms with Gasteiger partial charge in [-0.2, -0.15) is 0 Å². The van der Waals surface area contributed by atoms with Crippen LogP contribution in [-0.2, 0) is 0 Å². The first-order chi connectivity index (χ1) is 7.61. The minimum atomic E-state index is 0.155. The molecule has 3 nitrogen and oxygen atoms in total. The Morgan fingerprint density at radius 1 is 1.38 bits per heavy atom. The van der Waals surface area contributed by atoms with Gasteiger partial charge >= 0.3 is 0 Å². The number of rotatable bonds is 3. The van der Waals surface area contributed by atoms with E-state index in [0.29, 0.717) is 5.69 Å². The number of aryl methyl sites for hydroxylation is 1. The number of fused-ring (bicyclic) bond motifs is 1. The molecule has 0 aliphatic rings. The normalized spacial score (nSPS) is 11.0. The van der Waals surface area contributed by atoms with Crippen LogP contribution in [0.25, 0.3) is 10.9 Å². The molecule has 2 rings (SSSR count). The minimum absolute atomic E-state index is 0.155. The SMILES string of the molecule is Cc1c(C=O)[nH]c2ccc(OC(C)C)cc12. The van der Waals surface area contributed by atoms with Crippen molar-refractivity contribution in [1.29, 1.82) is 0 Å². The number of hydrogen-bond donors (Lipinski definition) is 1. The van der Waals surface area contributed by atoms with Gasteiger partial charge in [0.2, 0.25) is 0 Å². The first-order valence-electron chi connectivity index (χ1n) is 5.36. The van der Waals surface area contributed by atoms with E-state index in [1.807, 2.05) is 39.0 Å². The number of carbonyl (C=O) groups excluding carboxylic acids is 1. The summed E-state index contributed by atoms with van der Waals surface area (Å²) in [5, 5.41) is 1.04. The fourth-order valence-corrected chi connectivity index (χ4v) is 1.79. The van der Waals surface area contributed by atoms with Crippen LogP contribution < -0.4 is 4.74 Å². The monoisotopic (exact) mass is 217 g/mol. The molecule has 0 aliphatic heterocycles. The van der Waals surface area contributed by atoms with Gasteiger partial charge in [0.15, 0.2) is 6.29 Å². The highest BCUT2D eigenvalue weighted by atomic mass is 16.5. The largest absolute Gasteiger partial charge is 0.491 e. The molecule has 0 amide bonds. The molecular formula is C13H15NO2. The first kappa shape index (κ1) is 10.7. The van der Waals surface area contributed by atoms with E-state index < -0.39 is 0 Å². The Morgan fingerprint density at radius 2 is 2.12 bits per heavy atom. The van der Waals surface area contributed by atoms with Gasteiger partial charge in [0.1, 0.15) is 5.75 Å². The quantitative estimate of drug-likeness (QED) is 0.803. The topological polar surface area (TPSA) is 42.1 Å². The first-order valence-corrected chi connectivity index (χ1v) is 5.36. The van der Waals surface area contributed by atoms with Gasteiger partial charge in [-0.15, -0.1) is 0 Å². The molecule has 2 aromatic rings. The molecule has 84 valence electrons. The molecular weight excluding hydrogens is 202 g/mol. The van der Waals surface area contributed by atoms with Gasteiger partial charge in [0.25, 0.3) is 0 Å². The summed E-state index contributed by atoms with van der Waals surface area (Å²) in [5.74, 6) is 0.835. The average molecular weight is 217 g/mol. The molecule has 0 spiro atoms. The zero-order valence-corrected chi connectivity index (χ0v) is 9.70. The molecule has 16 heavy (non-hydrogen) atoms. The van der Waals surface area contributed by atoms with Crippen molar-refractivity contribution >= 4 is 17.2 Å². The molecule has 3 heteroatoms. The van der Waals surface area contributed by atoms with Crippen molar-refractivity contribution in [3.8, 4) is 5.75 Å². The third-order valence-electron chi connectivity index (χ3n) is 2.56. The van der Waals surface area contributed by atoms with E-state index >= 15 is 0 Å². The summed E-state index contributed by atoms with van der Waals surface area (Å²) in [6.45, 7) is 5.91. The second-order valence-corrected chi connectivity index (χ2v) is 4.16. The number of hydrogen-bond acceptors (Lipinski definition) is 2. The molecule has 1 heterocycles. The molecule has 0 unspecified atom stereocenters. The summed E-state index contributed by atoms with van der Waals surface area (Å²) in [6, 6.07) is 5.81. The number of benzene rings is 1. The summed E-state index contributed by atoms with van der Waals surface area (Å²) in [6.07, 6.45) is 1.00. The molecule has 0 saturated heterocycles. The van der Waals surface area contributed by atoms with Crippen molar-refractivity contribution in [2.24, 2.45) is 0 Å². The van der Waals surface area contributed by atoms with Gasteiger partial charge in [-0.25, -0.2) is 0 Å². The lowest BCUT2D eigenvalue weighted by Crippen LogP contribution is -2.05. The predicted octanol–water partition coefficient (Wildman–Crippen LogP) is 3.08. The Balaban J connectivity index is 2.52. The van der Waals surface area contributed by atoms with Gasteiger partial charge in [-0.1, -0.05) is 0 Å². The fourth-order valence-electron chi connectivity index (χ4n) is 1.79. The summed E-state index contributed by atoms with van der Waals surface area (Å²) in [7, 11) is 0. The second kappa shape index (κ2) is 4.00. The highest BCUT2D eigenvalue weighted by molar-refractivity contribution is 5.92. The minimum Gasteiger partial charge on any atom is -0.491 e. The van der Waals surface area contributed by atoms with Crippen molar-refractivity contribution in [3.63, 3.8) is 0 Å². The van der Waals surface area contributed by atoms with Crippen LogP contribution in [0.2, 0.25) is 0 Å². The molecule has 0 atom stereocenters. The maximum absolute atomic E-state index is 10.8. The predicted molar refractivity (Wildman–Crippen MR) is 64.2 cm³/mol. The third-order valence-corrected chi connectivity index (χ3v) is 2.56. The van der Waals surface area contributed by atoms with Gasteiger partial charge in [-0.05, 0) is 44.5 Å². The van der Waals surface area contributed by atoms with Crippen molar-refractivity contribution in [2.75, 3.05) is 0 Å². The number of ether oxygens (including phenoxy) is 1. The molecule has 0 saturated carbocycles. The lowest BCUT2D eigenvalue weighted by Gasteiger charge is -2.09. The highest BCUT2D eigenvalue weighted by Crippen LogP contribution is 2.25. The van der Waals surface area contributed by atoms with E-state index in [0.717, 1.165) is 28.5 Å². The molecule has 1 N–H and O–H groups in total. The molecule has 0 aliphatic carbocycles. The van der Waals surface area contributed by atoms with Gasteiger partial charge in [0.05, 0.1) is 11.8 Å². The summed E-state index contributed by atoms with van der Waals surface area (Å²) >= 11 is 0. The van der Waals surface area contributed by atoms with Crippen molar-refractivity contribution < 1.29 is 9.53 Å². The molecule has 0 radical (unpaired) electrons. The zero-order valence-electron chi connectivity index (χ0n) is 9.70. The van der Waals surface area contributed by atoms with E-state index in [9.17, 15) is 4.79 Å².